The Morgan fingerprint density at radius 2 is 1.44 bits per heavy atom. The molecule has 1 aromatic heterocycles. The lowest BCUT2D eigenvalue weighted by molar-refractivity contribution is -0.171. The second-order valence-corrected chi connectivity index (χ2v) is 19.7. The van der Waals surface area contributed by atoms with E-state index in [1.807, 2.05) is 0 Å². The minimum atomic E-state index is -3.88. The van der Waals surface area contributed by atoms with Crippen LogP contribution in [0.5, 0.6) is 0 Å². The molecule has 0 bridgehead atoms. The summed E-state index contributed by atoms with van der Waals surface area (Å²) < 4.78 is 37.5. The van der Waals surface area contributed by atoms with Crippen LogP contribution in [0.4, 0.5) is 0 Å². The Morgan fingerprint density at radius 1 is 0.838 bits per heavy atom. The Kier molecular flexibility index (Phi) is 28.3. The third-order valence-corrected chi connectivity index (χ3v) is 13.2. The summed E-state index contributed by atoms with van der Waals surface area (Å²) in [7, 11) is 1.84. The quantitative estimate of drug-likeness (QED) is 0.0163. The molecule has 23 nitrogen and oxygen atoms in total. The van der Waals surface area contributed by atoms with E-state index < -0.39 is 111 Å². The topological polar surface area (TPSA) is 320 Å². The summed E-state index contributed by atoms with van der Waals surface area (Å²) >= 11 is 0. The minimum absolute atomic E-state index is 0.0592. The van der Waals surface area contributed by atoms with E-state index in [2.05, 4.69) is 33.0 Å². The third kappa shape index (κ3) is 22.3. The Hall–Kier alpha value is -5.09. The molecule has 4 atom stereocenters. The first-order valence-electron chi connectivity index (χ1n) is 23.5. The summed E-state index contributed by atoms with van der Waals surface area (Å²) in [5, 5.41) is 25.6. The van der Waals surface area contributed by atoms with Gasteiger partial charge in [0.25, 0.3) is 5.76 Å². The van der Waals surface area contributed by atoms with Crippen molar-refractivity contribution in [2.45, 2.75) is 160 Å². The molecule has 24 heteroatoms. The Morgan fingerprint density at radius 3 is 2.00 bits per heavy atom. The van der Waals surface area contributed by atoms with Crippen molar-refractivity contribution < 1.29 is 71.9 Å². The number of nitrogens with one attached hydrogen (secondary N) is 4. The third-order valence-electron chi connectivity index (χ3n) is 10.8. The lowest BCUT2D eigenvalue weighted by Crippen LogP contribution is -2.53. The predicted molar refractivity (Wildman–Crippen MR) is 247 cm³/mol. The van der Waals surface area contributed by atoms with Crippen molar-refractivity contribution in [3.63, 3.8) is 0 Å². The van der Waals surface area contributed by atoms with E-state index in [4.69, 9.17) is 29.3 Å². The standard InChI is InChI=1S/C44H75N8O15P/c1-6-7-8-9-10-11-12-13-14-15-16-17-18-22-36(54)63-29-34(40-39(57)41(44(61)65-40)67-68(62,51(2)3)52(4)5)64-37(55)23-24-38(56)66-48-28-35(53)49-33(26-31-27-46-30-47-31)42(58)50-32(43(59)60)21-19-20-25-45/h27,30,32-34,40,48,57H,6-26,28-29,45H2,1-5H3,(H,46,47)(H,49,53)(H,50,58)(H,59,60). The number of rotatable bonds is 38. The van der Waals surface area contributed by atoms with Crippen LogP contribution < -0.4 is 21.8 Å². The van der Waals surface area contributed by atoms with Gasteiger partial charge in [-0.05, 0) is 60.4 Å². The average Bonchev–Trinajstić information content (AvgIpc) is 3.91. The Balaban J connectivity index is 1.97. The van der Waals surface area contributed by atoms with Crippen molar-refractivity contribution in [3.8, 4) is 0 Å². The number of H-pyrrole nitrogens is 1. The van der Waals surface area contributed by atoms with E-state index in [0.717, 1.165) is 25.7 Å². The highest BCUT2D eigenvalue weighted by Crippen LogP contribution is 2.53. The molecule has 68 heavy (non-hydrogen) atoms. The Bertz CT molecular complexity index is 1800. The maximum atomic E-state index is 13.5. The number of carbonyl (C=O) groups is 7. The van der Waals surface area contributed by atoms with Crippen LogP contribution in [-0.4, -0.2) is 143 Å². The van der Waals surface area contributed by atoms with Crippen molar-refractivity contribution >= 4 is 49.3 Å². The number of amides is 2. The second kappa shape index (κ2) is 32.6. The number of esters is 3. The van der Waals surface area contributed by atoms with Crippen LogP contribution in [0.25, 0.3) is 0 Å². The van der Waals surface area contributed by atoms with Gasteiger partial charge in [-0.15, -0.1) is 5.48 Å². The highest BCUT2D eigenvalue weighted by atomic mass is 31.2. The van der Waals surface area contributed by atoms with E-state index >= 15 is 0 Å². The number of unbranched alkanes of at least 4 members (excludes halogenated alkanes) is 13. The number of hydrogen-bond acceptors (Lipinski definition) is 17. The second-order valence-electron chi connectivity index (χ2n) is 16.9. The number of aliphatic hydroxyl groups is 1. The maximum Gasteiger partial charge on any atom is 0.395 e. The number of aromatic nitrogens is 2. The van der Waals surface area contributed by atoms with Gasteiger partial charge in [-0.3, -0.25) is 24.0 Å². The van der Waals surface area contributed by atoms with Crippen molar-refractivity contribution in [2.24, 2.45) is 5.73 Å². The van der Waals surface area contributed by atoms with Crippen LogP contribution in [0.3, 0.4) is 0 Å². The molecule has 2 rings (SSSR count). The fourth-order valence-electron chi connectivity index (χ4n) is 6.91. The molecule has 1 aliphatic heterocycles. The van der Waals surface area contributed by atoms with E-state index in [-0.39, 0.29) is 19.3 Å². The van der Waals surface area contributed by atoms with E-state index in [1.54, 1.807) is 0 Å². The number of cyclic esters (lactones) is 1. The summed E-state index contributed by atoms with van der Waals surface area (Å²) in [5.41, 5.74) is 8.11. The van der Waals surface area contributed by atoms with Gasteiger partial charge >= 0.3 is 37.5 Å². The molecule has 2 amide bonds. The summed E-state index contributed by atoms with van der Waals surface area (Å²) in [6.45, 7) is 1.24. The number of ether oxygens (including phenoxy) is 3. The number of aliphatic hydroxyl groups excluding tert-OH is 1. The van der Waals surface area contributed by atoms with Crippen molar-refractivity contribution in [1.82, 2.24) is 35.4 Å². The van der Waals surface area contributed by atoms with Gasteiger partial charge in [0.05, 0.1) is 19.2 Å². The Labute approximate surface area is 398 Å². The molecular formula is C44H75N8O15P. The van der Waals surface area contributed by atoms with Crippen molar-refractivity contribution in [1.29, 1.82) is 0 Å². The zero-order chi connectivity index (χ0) is 50.5. The fourth-order valence-corrected chi connectivity index (χ4v) is 8.36. The molecule has 0 spiro atoms. The molecule has 2 heterocycles. The van der Waals surface area contributed by atoms with E-state index in [1.165, 1.54) is 101 Å². The van der Waals surface area contributed by atoms with Gasteiger partial charge in [-0.2, -0.15) is 0 Å². The zero-order valence-electron chi connectivity index (χ0n) is 40.3. The zero-order valence-corrected chi connectivity index (χ0v) is 41.2. The van der Waals surface area contributed by atoms with Gasteiger partial charge in [-0.1, -0.05) is 84.0 Å². The van der Waals surface area contributed by atoms with Gasteiger partial charge in [0.1, 0.15) is 25.2 Å². The summed E-state index contributed by atoms with van der Waals surface area (Å²) in [5.74, 6) is -8.43. The summed E-state index contributed by atoms with van der Waals surface area (Å²) in [4.78, 5) is 101. The normalized spacial score (nSPS) is 15.1. The SMILES string of the molecule is CCCCCCCCCCCCCCCC(=O)OCC(OC(=O)CCC(=O)ONCC(=O)NC(Cc1cnc[nH]1)C(=O)NC(CCCCN)C(=O)O)C1OC(=O)C(OP(=O)(N(C)C)N(C)C)=C1O. The van der Waals surface area contributed by atoms with Crippen LogP contribution >= 0.6 is 7.67 Å². The number of imidazole rings is 1. The molecule has 0 fully saturated rings. The number of aliphatic carboxylic acids is 1. The molecule has 1 aliphatic rings. The number of carboxylic acid groups (broad SMARTS) is 1. The molecular weight excluding hydrogens is 911 g/mol. The first-order chi connectivity index (χ1) is 32.4. The van der Waals surface area contributed by atoms with Gasteiger partial charge in [0.2, 0.25) is 17.9 Å². The number of hydrogen-bond donors (Lipinski definition) is 7. The number of hydroxylamine groups is 1. The van der Waals surface area contributed by atoms with Gasteiger partial charge < -0.3 is 55.1 Å². The predicted octanol–water partition coefficient (Wildman–Crippen LogP) is 3.84. The summed E-state index contributed by atoms with van der Waals surface area (Å²) in [6, 6.07) is -2.48. The summed E-state index contributed by atoms with van der Waals surface area (Å²) in [6.07, 6.45) is 13.9. The molecule has 4 unspecified atom stereocenters. The monoisotopic (exact) mass is 987 g/mol. The molecule has 0 aliphatic carbocycles. The number of nitrogens with two attached hydrogens (primary N) is 1. The minimum Gasteiger partial charge on any atom is -0.505 e. The van der Waals surface area contributed by atoms with Gasteiger partial charge in [-0.25, -0.2) is 28.5 Å². The van der Waals surface area contributed by atoms with E-state index in [9.17, 15) is 48.3 Å². The number of nitrogens with zero attached hydrogens (tertiary/aromatic N) is 3. The number of aromatic amines is 1. The highest BCUT2D eigenvalue weighted by molar-refractivity contribution is 7.54. The highest BCUT2D eigenvalue weighted by Gasteiger charge is 2.47. The van der Waals surface area contributed by atoms with Crippen molar-refractivity contribution in [3.05, 3.63) is 29.7 Å². The fraction of sp³-hybridized carbons (Fsp3) is 0.727. The number of carboxylic acids is 1. The van der Waals surface area contributed by atoms with Crippen LogP contribution in [0, 0.1) is 0 Å². The number of carbonyl (C=O) groups excluding carboxylic acids is 6. The first kappa shape index (κ1) is 59.0. The van der Waals surface area contributed by atoms with Gasteiger partial charge in [0.15, 0.2) is 11.9 Å². The van der Waals surface area contributed by atoms with Crippen LogP contribution in [0.1, 0.15) is 135 Å². The lowest BCUT2D eigenvalue weighted by Gasteiger charge is -2.29. The molecule has 0 saturated carbocycles. The molecule has 0 saturated heterocycles. The largest absolute Gasteiger partial charge is 0.505 e. The molecule has 8 N–H and O–H groups in total. The molecule has 0 aromatic carbocycles. The molecule has 0 radical (unpaired) electrons. The molecule has 386 valence electrons. The maximum absolute atomic E-state index is 13.5. The van der Waals surface area contributed by atoms with Crippen LogP contribution in [0.15, 0.2) is 24.0 Å². The molecule has 1 aromatic rings. The van der Waals surface area contributed by atoms with Crippen molar-refractivity contribution in [2.75, 3.05) is 47.9 Å². The van der Waals surface area contributed by atoms with Crippen LogP contribution in [-0.2, 0) is 68.1 Å². The van der Waals surface area contributed by atoms with Crippen LogP contribution in [0.2, 0.25) is 0 Å². The van der Waals surface area contributed by atoms with Gasteiger partial charge in [0, 0.05) is 24.7 Å². The first-order valence-corrected chi connectivity index (χ1v) is 25.0. The lowest BCUT2D eigenvalue weighted by atomic mass is 10.0. The van der Waals surface area contributed by atoms with E-state index in [0.29, 0.717) is 31.5 Å². The smallest absolute Gasteiger partial charge is 0.395 e. The average molecular weight is 987 g/mol.